The van der Waals surface area contributed by atoms with Gasteiger partial charge in [0, 0.05) is 18.5 Å². The molecule has 0 amide bonds. The van der Waals surface area contributed by atoms with Gasteiger partial charge in [0.1, 0.15) is 11.0 Å². The lowest BCUT2D eigenvalue weighted by molar-refractivity contribution is 0.402. The summed E-state index contributed by atoms with van der Waals surface area (Å²) in [6, 6.07) is 8.69. The normalized spacial score (nSPS) is 20.4. The van der Waals surface area contributed by atoms with E-state index >= 15 is 0 Å². The Morgan fingerprint density at radius 3 is 2.95 bits per heavy atom. The van der Waals surface area contributed by atoms with Crippen molar-refractivity contribution in [2.24, 2.45) is 0 Å². The molecule has 0 saturated heterocycles. The first kappa shape index (κ1) is 14.9. The molecule has 2 nitrogen and oxygen atoms in total. The molecule has 0 aliphatic heterocycles. The maximum Gasteiger partial charge on any atom is 0.120 e. The molecule has 20 heavy (non-hydrogen) atoms. The van der Waals surface area contributed by atoms with Gasteiger partial charge in [-0.2, -0.15) is 0 Å². The van der Waals surface area contributed by atoms with Crippen LogP contribution in [-0.2, 0) is 17.4 Å². The Morgan fingerprint density at radius 1 is 1.45 bits per heavy atom. The lowest BCUT2D eigenvalue weighted by Crippen LogP contribution is -2.23. The number of benzene rings is 1. The highest BCUT2D eigenvalue weighted by molar-refractivity contribution is 7.85. The minimum atomic E-state index is -1.11. The number of fused-ring (bicyclic) bond motifs is 1. The van der Waals surface area contributed by atoms with Crippen molar-refractivity contribution < 1.29 is 4.21 Å². The summed E-state index contributed by atoms with van der Waals surface area (Å²) in [7, 11) is 0.821. The smallest absolute Gasteiger partial charge is 0.120 e. The van der Waals surface area contributed by atoms with Crippen LogP contribution in [0.4, 0.5) is 0 Å². The first-order chi connectivity index (χ1) is 9.63. The number of hydrogen-bond donors (Lipinski definition) is 0. The average Bonchev–Trinajstić information content (AvgIpc) is 2.90. The van der Waals surface area contributed by atoms with Gasteiger partial charge in [0.05, 0.1) is 0 Å². The van der Waals surface area contributed by atoms with Gasteiger partial charge in [-0.15, -0.1) is 0 Å². The maximum atomic E-state index is 12.3. The van der Waals surface area contributed by atoms with Gasteiger partial charge in [0.15, 0.2) is 0 Å². The van der Waals surface area contributed by atoms with Crippen LogP contribution in [0, 0.1) is 0 Å². The summed E-state index contributed by atoms with van der Waals surface area (Å²) in [5, 5.41) is 1.73. The van der Waals surface area contributed by atoms with E-state index < -0.39 is 11.0 Å². The van der Waals surface area contributed by atoms with Crippen molar-refractivity contribution in [2.45, 2.75) is 25.8 Å². The highest BCUT2D eigenvalue weighted by Gasteiger charge is 2.27. The Kier molecular flexibility index (Phi) is 5.10. The molecule has 0 bridgehead atoms. The van der Waals surface area contributed by atoms with Crippen LogP contribution in [0.5, 0.6) is 0 Å². The number of aryl methyl sites for hydroxylation is 1. The van der Waals surface area contributed by atoms with Crippen molar-refractivity contribution in [2.75, 3.05) is 7.05 Å². The van der Waals surface area contributed by atoms with Crippen LogP contribution in [0.15, 0.2) is 60.1 Å². The zero-order valence-corrected chi connectivity index (χ0v) is 12.9. The van der Waals surface area contributed by atoms with Crippen LogP contribution in [0.2, 0.25) is 0 Å². The molecule has 3 heteroatoms. The van der Waals surface area contributed by atoms with Gasteiger partial charge in [0.25, 0.3) is 0 Å². The van der Waals surface area contributed by atoms with Crippen LogP contribution in [0.25, 0.3) is 0 Å². The molecular formula is C17H21NOS. The summed E-state index contributed by atoms with van der Waals surface area (Å²) in [4.78, 5) is 0. The molecule has 0 radical (unpaired) electrons. The fraction of sp³-hybridized carbons (Fsp3) is 0.294. The Labute approximate surface area is 124 Å². The molecular weight excluding hydrogens is 266 g/mol. The van der Waals surface area contributed by atoms with Crippen LogP contribution in [0.1, 0.15) is 30.5 Å². The minimum absolute atomic E-state index is 0.251. The second kappa shape index (κ2) is 6.82. The Hall–Kier alpha value is -1.45. The van der Waals surface area contributed by atoms with E-state index in [1.54, 1.807) is 11.5 Å². The van der Waals surface area contributed by atoms with Gasteiger partial charge < -0.3 is 0 Å². The van der Waals surface area contributed by atoms with Crippen LogP contribution >= 0.6 is 0 Å². The molecule has 0 saturated carbocycles. The Bertz CT molecular complexity index is 574. The van der Waals surface area contributed by atoms with Gasteiger partial charge in [-0.25, -0.2) is 8.51 Å². The second-order valence-electron chi connectivity index (χ2n) is 5.02. The third kappa shape index (κ3) is 3.35. The average molecular weight is 287 g/mol. The molecule has 1 unspecified atom stereocenters. The zero-order chi connectivity index (χ0) is 14.5. The summed E-state index contributed by atoms with van der Waals surface area (Å²) in [5.74, 6) is 0. The third-order valence-corrected chi connectivity index (χ3v) is 4.91. The number of allylic oxidation sites excluding steroid dienone is 4. The van der Waals surface area contributed by atoms with Crippen molar-refractivity contribution in [3.8, 4) is 0 Å². The van der Waals surface area contributed by atoms with Gasteiger partial charge in [-0.3, -0.25) is 0 Å². The molecule has 1 aliphatic carbocycles. The van der Waals surface area contributed by atoms with Gasteiger partial charge in [-0.1, -0.05) is 54.6 Å². The first-order valence-electron chi connectivity index (χ1n) is 6.82. The summed E-state index contributed by atoms with van der Waals surface area (Å²) in [6.45, 7) is 5.66. The molecule has 106 valence electrons. The van der Waals surface area contributed by atoms with Crippen molar-refractivity contribution in [3.63, 3.8) is 0 Å². The van der Waals surface area contributed by atoms with Crippen LogP contribution in [-0.4, -0.2) is 15.6 Å². The van der Waals surface area contributed by atoms with E-state index in [4.69, 9.17) is 0 Å². The van der Waals surface area contributed by atoms with Gasteiger partial charge >= 0.3 is 0 Å². The number of hydrogen-bond acceptors (Lipinski definition) is 1. The molecule has 2 rings (SSSR count). The van der Waals surface area contributed by atoms with E-state index in [0.717, 1.165) is 18.4 Å². The molecule has 0 heterocycles. The Morgan fingerprint density at radius 2 is 2.20 bits per heavy atom. The van der Waals surface area contributed by atoms with Gasteiger partial charge in [-0.05, 0) is 30.9 Å². The molecule has 1 aliphatic rings. The minimum Gasteiger partial charge on any atom is -0.238 e. The summed E-state index contributed by atoms with van der Waals surface area (Å²) >= 11 is 0. The first-order valence-corrected chi connectivity index (χ1v) is 7.99. The largest absolute Gasteiger partial charge is 0.238 e. The SMILES string of the molecule is C=C/C(C)=C\C=C\S(=O)N(C)[C@@H]1CCc2ccccc21. The maximum absolute atomic E-state index is 12.3. The summed E-state index contributed by atoms with van der Waals surface area (Å²) in [5.41, 5.74) is 3.76. The monoisotopic (exact) mass is 287 g/mol. The lowest BCUT2D eigenvalue weighted by atomic mass is 10.1. The predicted octanol–water partition coefficient (Wildman–Crippen LogP) is 3.92. The Balaban J connectivity index is 2.07. The molecule has 2 atom stereocenters. The quantitative estimate of drug-likeness (QED) is 0.752. The molecule has 0 aromatic heterocycles. The fourth-order valence-corrected chi connectivity index (χ4v) is 3.33. The highest BCUT2D eigenvalue weighted by atomic mass is 32.2. The number of rotatable bonds is 5. The topological polar surface area (TPSA) is 20.3 Å². The van der Waals surface area contributed by atoms with Crippen LogP contribution in [0.3, 0.4) is 0 Å². The van der Waals surface area contributed by atoms with E-state index in [1.807, 2.05) is 30.4 Å². The molecule has 0 spiro atoms. The van der Waals surface area contributed by atoms with Gasteiger partial charge in [0.2, 0.25) is 0 Å². The fourth-order valence-electron chi connectivity index (χ4n) is 2.46. The van der Waals surface area contributed by atoms with E-state index in [9.17, 15) is 4.21 Å². The van der Waals surface area contributed by atoms with Crippen molar-refractivity contribution >= 4 is 11.0 Å². The van der Waals surface area contributed by atoms with Crippen LogP contribution < -0.4 is 0 Å². The molecule has 0 fully saturated rings. The summed E-state index contributed by atoms with van der Waals surface area (Å²) in [6.07, 6.45) is 7.65. The van der Waals surface area contributed by atoms with E-state index in [-0.39, 0.29) is 6.04 Å². The molecule has 0 N–H and O–H groups in total. The summed E-state index contributed by atoms with van der Waals surface area (Å²) < 4.78 is 14.2. The highest BCUT2D eigenvalue weighted by Crippen LogP contribution is 2.35. The molecule has 1 aromatic rings. The number of nitrogens with zero attached hydrogens (tertiary/aromatic N) is 1. The third-order valence-electron chi connectivity index (χ3n) is 3.70. The zero-order valence-electron chi connectivity index (χ0n) is 12.1. The predicted molar refractivity (Wildman–Crippen MR) is 86.5 cm³/mol. The van der Waals surface area contributed by atoms with Crippen molar-refractivity contribution in [3.05, 3.63) is 71.2 Å². The van der Waals surface area contributed by atoms with E-state index in [2.05, 4.69) is 30.8 Å². The van der Waals surface area contributed by atoms with Crippen molar-refractivity contribution in [1.29, 1.82) is 0 Å². The standard InChI is InChI=1S/C17H21NOS/c1-4-14(2)8-7-13-20(19)18(3)17-12-11-15-9-5-6-10-16(15)17/h4-10,13,17H,1,11-12H2,2-3H3/b13-7+,14-8-/t17-,20?/m1/s1. The second-order valence-corrected chi connectivity index (χ2v) is 6.42. The lowest BCUT2D eigenvalue weighted by Gasteiger charge is -2.22. The molecule has 1 aromatic carbocycles. The van der Waals surface area contributed by atoms with E-state index in [0.29, 0.717) is 0 Å². The van der Waals surface area contributed by atoms with E-state index in [1.165, 1.54) is 11.1 Å². The van der Waals surface area contributed by atoms with Crippen molar-refractivity contribution in [1.82, 2.24) is 4.31 Å².